The van der Waals surface area contributed by atoms with Gasteiger partial charge in [0, 0.05) is 6.42 Å². The Morgan fingerprint density at radius 2 is 1.38 bits per heavy atom. The Morgan fingerprint density at radius 1 is 0.885 bits per heavy atom. The van der Waals surface area contributed by atoms with Gasteiger partial charge in [0.15, 0.2) is 0 Å². The van der Waals surface area contributed by atoms with E-state index in [4.69, 9.17) is 15.6 Å². The van der Waals surface area contributed by atoms with Crippen LogP contribution in [0.25, 0.3) is 0 Å². The van der Waals surface area contributed by atoms with Crippen molar-refractivity contribution in [3.8, 4) is 0 Å². The Morgan fingerprint density at radius 3 is 1.92 bits per heavy atom. The van der Waals surface area contributed by atoms with Crippen LogP contribution in [0.15, 0.2) is 12.2 Å². The third kappa shape index (κ3) is 17.5. The number of aliphatic carboxylic acids is 1. The molecular weight excluding hydrogens is 330 g/mol. The van der Waals surface area contributed by atoms with Gasteiger partial charge in [0.2, 0.25) is 0 Å². The number of nitrogens with two attached hydrogens (primary N) is 1. The zero-order valence-corrected chi connectivity index (χ0v) is 16.6. The van der Waals surface area contributed by atoms with E-state index in [1.807, 2.05) is 0 Å². The molecule has 0 radical (unpaired) electrons. The summed E-state index contributed by atoms with van der Waals surface area (Å²) in [7, 11) is 0. The van der Waals surface area contributed by atoms with Crippen molar-refractivity contribution in [1.82, 2.24) is 0 Å². The van der Waals surface area contributed by atoms with Crippen LogP contribution in [0.3, 0.4) is 0 Å². The molecule has 0 aliphatic carbocycles. The number of unbranched alkanes of at least 4 members (excludes halogenated alkanes) is 11. The summed E-state index contributed by atoms with van der Waals surface area (Å²) in [6.45, 7) is 2.00. The quantitative estimate of drug-likeness (QED) is 0.202. The van der Waals surface area contributed by atoms with Gasteiger partial charge >= 0.3 is 11.9 Å². The van der Waals surface area contributed by atoms with Gasteiger partial charge in [0.25, 0.3) is 0 Å². The van der Waals surface area contributed by atoms with Crippen molar-refractivity contribution in [2.75, 3.05) is 6.61 Å². The molecule has 0 aromatic carbocycles. The van der Waals surface area contributed by atoms with E-state index in [-0.39, 0.29) is 12.6 Å². The average Bonchev–Trinajstić information content (AvgIpc) is 2.62. The fourth-order valence-corrected chi connectivity index (χ4v) is 2.67. The first-order valence-corrected chi connectivity index (χ1v) is 10.4. The Bertz CT molecular complexity index is 382. The van der Waals surface area contributed by atoms with Gasteiger partial charge < -0.3 is 15.6 Å². The summed E-state index contributed by atoms with van der Waals surface area (Å²) < 4.78 is 4.83. The van der Waals surface area contributed by atoms with Crippen molar-refractivity contribution in [1.29, 1.82) is 0 Å². The Balaban J connectivity index is 3.29. The summed E-state index contributed by atoms with van der Waals surface area (Å²) in [6, 6.07) is -1.13. The number of carboxylic acid groups (broad SMARTS) is 1. The zero-order valence-electron chi connectivity index (χ0n) is 16.6. The lowest BCUT2D eigenvalue weighted by Crippen LogP contribution is -2.35. The number of hydrogen-bond donors (Lipinski definition) is 2. The van der Waals surface area contributed by atoms with Crippen molar-refractivity contribution in [2.24, 2.45) is 5.73 Å². The SMILES string of the molecule is CCCCCCCC/C=C\CCCCCCCC(=O)OC[C@H](N)C(=O)O. The van der Waals surface area contributed by atoms with Crippen LogP contribution in [0.4, 0.5) is 0 Å². The molecule has 0 spiro atoms. The first-order chi connectivity index (χ1) is 12.6. The number of carbonyl (C=O) groups excluding carboxylic acids is 1. The van der Waals surface area contributed by atoms with Gasteiger partial charge in [-0.15, -0.1) is 0 Å². The minimum Gasteiger partial charge on any atom is -0.480 e. The van der Waals surface area contributed by atoms with Crippen LogP contribution in [-0.2, 0) is 14.3 Å². The zero-order chi connectivity index (χ0) is 19.5. The van der Waals surface area contributed by atoms with Crippen LogP contribution in [0.2, 0.25) is 0 Å². The van der Waals surface area contributed by atoms with Crippen LogP contribution < -0.4 is 5.73 Å². The molecule has 0 saturated heterocycles. The average molecular weight is 370 g/mol. The number of rotatable bonds is 18. The summed E-state index contributed by atoms with van der Waals surface area (Å²) in [4.78, 5) is 21.9. The lowest BCUT2D eigenvalue weighted by Gasteiger charge is -2.07. The van der Waals surface area contributed by atoms with Crippen molar-refractivity contribution in [3.05, 3.63) is 12.2 Å². The summed E-state index contributed by atoms with van der Waals surface area (Å²) in [5.74, 6) is -1.52. The number of esters is 1. The molecule has 0 aliphatic heterocycles. The smallest absolute Gasteiger partial charge is 0.324 e. The molecule has 0 amide bonds. The highest BCUT2D eigenvalue weighted by molar-refractivity contribution is 5.74. The molecule has 0 heterocycles. The molecule has 0 rings (SSSR count). The second-order valence-electron chi connectivity index (χ2n) is 6.96. The molecular formula is C21H39NO4. The third-order valence-electron chi connectivity index (χ3n) is 4.38. The topological polar surface area (TPSA) is 89.6 Å². The van der Waals surface area contributed by atoms with Crippen LogP contribution in [-0.4, -0.2) is 29.7 Å². The second kappa shape index (κ2) is 18.4. The maximum Gasteiger partial charge on any atom is 0.324 e. The molecule has 152 valence electrons. The highest BCUT2D eigenvalue weighted by Gasteiger charge is 2.13. The minimum absolute atomic E-state index is 0.251. The summed E-state index contributed by atoms with van der Waals surface area (Å²) in [6.07, 6.45) is 20.7. The second-order valence-corrected chi connectivity index (χ2v) is 6.96. The van der Waals surface area contributed by atoms with Crippen LogP contribution in [0, 0.1) is 0 Å². The van der Waals surface area contributed by atoms with E-state index in [0.717, 1.165) is 25.7 Å². The molecule has 5 heteroatoms. The molecule has 0 aromatic rings. The molecule has 0 aromatic heterocycles. The van der Waals surface area contributed by atoms with E-state index in [0.29, 0.717) is 6.42 Å². The number of allylic oxidation sites excluding steroid dienone is 2. The van der Waals surface area contributed by atoms with Crippen molar-refractivity contribution < 1.29 is 19.4 Å². The van der Waals surface area contributed by atoms with Gasteiger partial charge in [0.05, 0.1) is 0 Å². The van der Waals surface area contributed by atoms with Gasteiger partial charge in [-0.05, 0) is 32.1 Å². The van der Waals surface area contributed by atoms with E-state index in [1.54, 1.807) is 0 Å². The van der Waals surface area contributed by atoms with Gasteiger partial charge in [-0.25, -0.2) is 0 Å². The highest BCUT2D eigenvalue weighted by Crippen LogP contribution is 2.10. The summed E-state index contributed by atoms with van der Waals surface area (Å²) >= 11 is 0. The van der Waals surface area contributed by atoms with E-state index >= 15 is 0 Å². The molecule has 0 saturated carbocycles. The molecule has 26 heavy (non-hydrogen) atoms. The number of carbonyl (C=O) groups is 2. The molecule has 0 fully saturated rings. The lowest BCUT2D eigenvalue weighted by molar-refractivity contribution is -0.147. The van der Waals surface area contributed by atoms with E-state index < -0.39 is 12.0 Å². The fourth-order valence-electron chi connectivity index (χ4n) is 2.67. The normalized spacial score (nSPS) is 12.4. The van der Waals surface area contributed by atoms with Crippen molar-refractivity contribution >= 4 is 11.9 Å². The molecule has 0 unspecified atom stereocenters. The first kappa shape index (κ1) is 24.6. The predicted molar refractivity (Wildman–Crippen MR) is 106 cm³/mol. The van der Waals surface area contributed by atoms with Gasteiger partial charge in [-0.1, -0.05) is 70.4 Å². The number of carboxylic acids is 1. The third-order valence-corrected chi connectivity index (χ3v) is 4.38. The Kier molecular flexibility index (Phi) is 17.5. The summed E-state index contributed by atoms with van der Waals surface area (Å²) in [5.41, 5.74) is 5.27. The first-order valence-electron chi connectivity index (χ1n) is 10.4. The standard InChI is InChI=1S/C21H39NO4/c1-2-3-4-5-6-7-8-9-10-11-12-13-14-15-16-17-20(23)26-18-19(22)21(24)25/h9-10,19H,2-8,11-18,22H2,1H3,(H,24,25)/b10-9-/t19-/m0/s1. The van der Waals surface area contributed by atoms with E-state index in [9.17, 15) is 9.59 Å². The Labute approximate surface area is 159 Å². The molecule has 5 nitrogen and oxygen atoms in total. The van der Waals surface area contributed by atoms with Gasteiger partial charge in [0.1, 0.15) is 12.6 Å². The highest BCUT2D eigenvalue weighted by atomic mass is 16.5. The maximum atomic E-state index is 11.4. The molecule has 0 aliphatic rings. The molecule has 1 atom stereocenters. The van der Waals surface area contributed by atoms with Crippen molar-refractivity contribution in [2.45, 2.75) is 103 Å². The molecule has 0 bridgehead atoms. The van der Waals surface area contributed by atoms with Crippen LogP contribution >= 0.6 is 0 Å². The minimum atomic E-state index is -1.15. The predicted octanol–water partition coefficient (Wildman–Crippen LogP) is 4.98. The van der Waals surface area contributed by atoms with E-state index in [2.05, 4.69) is 19.1 Å². The van der Waals surface area contributed by atoms with Gasteiger partial charge in [-0.3, -0.25) is 9.59 Å². The van der Waals surface area contributed by atoms with Crippen LogP contribution in [0.1, 0.15) is 96.8 Å². The maximum absolute atomic E-state index is 11.4. The fraction of sp³-hybridized carbons (Fsp3) is 0.810. The van der Waals surface area contributed by atoms with Gasteiger partial charge in [-0.2, -0.15) is 0 Å². The number of hydrogen-bond acceptors (Lipinski definition) is 4. The van der Waals surface area contributed by atoms with Crippen molar-refractivity contribution in [3.63, 3.8) is 0 Å². The summed E-state index contributed by atoms with van der Waals surface area (Å²) in [5, 5.41) is 8.59. The van der Waals surface area contributed by atoms with E-state index in [1.165, 1.54) is 57.8 Å². The molecule has 3 N–H and O–H groups in total. The lowest BCUT2D eigenvalue weighted by atomic mass is 10.1. The largest absolute Gasteiger partial charge is 0.480 e. The number of ether oxygens (including phenoxy) is 1. The van der Waals surface area contributed by atoms with Crippen LogP contribution in [0.5, 0.6) is 0 Å². The Hall–Kier alpha value is -1.36. The monoisotopic (exact) mass is 369 g/mol.